The number of aromatic nitrogens is 1. The molecular weight excluding hydrogens is 244 g/mol. The van der Waals surface area contributed by atoms with Gasteiger partial charge in [0, 0.05) is 18.5 Å². The van der Waals surface area contributed by atoms with E-state index in [0.29, 0.717) is 5.75 Å². The first-order valence-electron chi connectivity index (χ1n) is 5.69. The standard InChI is InChI=1S/C14H12N2O3/c17-16(18)11-8-14(12-4-2-1-3-5-12)19-13-6-9-15-10-7-13/h1-11,14H/b11-8+. The van der Waals surface area contributed by atoms with Crippen molar-refractivity contribution in [3.8, 4) is 5.75 Å². The van der Waals surface area contributed by atoms with Crippen LogP contribution >= 0.6 is 0 Å². The second-order valence-corrected chi connectivity index (χ2v) is 3.76. The molecule has 0 aliphatic rings. The molecular formula is C14H12N2O3. The van der Waals surface area contributed by atoms with E-state index in [1.54, 1.807) is 24.5 Å². The molecule has 0 amide bonds. The molecule has 1 atom stereocenters. The Labute approximate surface area is 110 Å². The highest BCUT2D eigenvalue weighted by Gasteiger charge is 2.11. The fourth-order valence-electron chi connectivity index (χ4n) is 1.57. The summed E-state index contributed by atoms with van der Waals surface area (Å²) in [7, 11) is 0. The largest absolute Gasteiger partial charge is 0.481 e. The Morgan fingerprint density at radius 3 is 2.47 bits per heavy atom. The van der Waals surface area contributed by atoms with E-state index in [9.17, 15) is 10.1 Å². The normalized spacial score (nSPS) is 12.2. The summed E-state index contributed by atoms with van der Waals surface area (Å²) < 4.78 is 5.72. The fourth-order valence-corrected chi connectivity index (χ4v) is 1.57. The Morgan fingerprint density at radius 2 is 1.84 bits per heavy atom. The minimum atomic E-state index is -0.508. The van der Waals surface area contributed by atoms with Gasteiger partial charge in [0.1, 0.15) is 11.9 Å². The number of pyridine rings is 1. The van der Waals surface area contributed by atoms with Crippen LogP contribution in [0.25, 0.3) is 0 Å². The molecule has 0 saturated heterocycles. The molecule has 1 heterocycles. The van der Waals surface area contributed by atoms with Crippen LogP contribution in [0.4, 0.5) is 0 Å². The number of rotatable bonds is 5. The van der Waals surface area contributed by atoms with E-state index in [1.807, 2.05) is 30.3 Å². The van der Waals surface area contributed by atoms with Crippen molar-refractivity contribution in [1.82, 2.24) is 4.98 Å². The Hall–Kier alpha value is -2.69. The Balaban J connectivity index is 2.22. The van der Waals surface area contributed by atoms with Gasteiger partial charge >= 0.3 is 0 Å². The molecule has 19 heavy (non-hydrogen) atoms. The molecule has 0 fully saturated rings. The third kappa shape index (κ3) is 3.92. The third-order valence-corrected chi connectivity index (χ3v) is 2.42. The summed E-state index contributed by atoms with van der Waals surface area (Å²) in [5, 5.41) is 10.4. The topological polar surface area (TPSA) is 65.3 Å². The van der Waals surface area contributed by atoms with E-state index in [0.717, 1.165) is 11.8 Å². The number of nitro groups is 1. The zero-order chi connectivity index (χ0) is 13.5. The van der Waals surface area contributed by atoms with Gasteiger partial charge in [0.2, 0.25) is 6.20 Å². The SMILES string of the molecule is O=[N+]([O-])/C=C/C(Oc1ccncc1)c1ccccc1. The van der Waals surface area contributed by atoms with E-state index in [4.69, 9.17) is 4.74 Å². The van der Waals surface area contributed by atoms with Gasteiger partial charge in [-0.25, -0.2) is 0 Å². The van der Waals surface area contributed by atoms with Crippen molar-refractivity contribution in [3.63, 3.8) is 0 Å². The molecule has 1 aromatic heterocycles. The molecule has 1 aromatic carbocycles. The lowest BCUT2D eigenvalue weighted by Gasteiger charge is -2.15. The minimum absolute atomic E-state index is 0.506. The van der Waals surface area contributed by atoms with Crippen LogP contribution < -0.4 is 4.74 Å². The summed E-state index contributed by atoms with van der Waals surface area (Å²) in [6.07, 6.45) is 5.01. The maximum atomic E-state index is 10.4. The molecule has 5 heteroatoms. The zero-order valence-corrected chi connectivity index (χ0v) is 10.0. The molecule has 0 aliphatic heterocycles. The van der Waals surface area contributed by atoms with Crippen LogP contribution in [0.2, 0.25) is 0 Å². The predicted molar refractivity (Wildman–Crippen MR) is 70.2 cm³/mol. The molecule has 5 nitrogen and oxygen atoms in total. The smallest absolute Gasteiger partial charge is 0.234 e. The fraction of sp³-hybridized carbons (Fsp3) is 0.0714. The molecule has 0 saturated carbocycles. The predicted octanol–water partition coefficient (Wildman–Crippen LogP) is 2.99. The van der Waals surface area contributed by atoms with Crippen LogP contribution in [-0.2, 0) is 0 Å². The molecule has 96 valence electrons. The lowest BCUT2D eigenvalue weighted by molar-refractivity contribution is -0.402. The number of ether oxygens (including phenoxy) is 1. The molecule has 0 radical (unpaired) electrons. The van der Waals surface area contributed by atoms with E-state index >= 15 is 0 Å². The first kappa shape index (κ1) is 12.8. The monoisotopic (exact) mass is 256 g/mol. The van der Waals surface area contributed by atoms with Gasteiger partial charge in [-0.3, -0.25) is 15.1 Å². The second kappa shape index (κ2) is 6.30. The average Bonchev–Trinajstić information content (AvgIpc) is 2.45. The Morgan fingerprint density at radius 1 is 1.16 bits per heavy atom. The van der Waals surface area contributed by atoms with Crippen molar-refractivity contribution in [2.75, 3.05) is 0 Å². The van der Waals surface area contributed by atoms with Crippen molar-refractivity contribution < 1.29 is 9.66 Å². The van der Waals surface area contributed by atoms with Crippen molar-refractivity contribution in [2.45, 2.75) is 6.10 Å². The van der Waals surface area contributed by atoms with Gasteiger partial charge in [-0.1, -0.05) is 30.3 Å². The first-order valence-corrected chi connectivity index (χ1v) is 5.69. The minimum Gasteiger partial charge on any atom is -0.481 e. The van der Waals surface area contributed by atoms with E-state index in [2.05, 4.69) is 4.98 Å². The Bertz CT molecular complexity index is 555. The van der Waals surface area contributed by atoms with Crippen LogP contribution in [0, 0.1) is 10.1 Å². The summed E-state index contributed by atoms with van der Waals surface area (Å²) in [6.45, 7) is 0. The van der Waals surface area contributed by atoms with E-state index < -0.39 is 11.0 Å². The van der Waals surface area contributed by atoms with Gasteiger partial charge in [-0.05, 0) is 17.7 Å². The summed E-state index contributed by atoms with van der Waals surface area (Å²) in [6, 6.07) is 12.7. The van der Waals surface area contributed by atoms with Gasteiger partial charge in [0.25, 0.3) is 0 Å². The second-order valence-electron chi connectivity index (χ2n) is 3.76. The molecule has 0 N–H and O–H groups in total. The quantitative estimate of drug-likeness (QED) is 0.609. The van der Waals surface area contributed by atoms with Crippen molar-refractivity contribution in [2.24, 2.45) is 0 Å². The molecule has 1 unspecified atom stereocenters. The molecule has 2 rings (SSSR count). The number of hydrogen-bond acceptors (Lipinski definition) is 4. The lowest BCUT2D eigenvalue weighted by Crippen LogP contribution is -2.05. The highest BCUT2D eigenvalue weighted by atomic mass is 16.6. The van der Waals surface area contributed by atoms with Crippen LogP contribution in [0.15, 0.2) is 67.1 Å². The van der Waals surface area contributed by atoms with Gasteiger partial charge in [0.15, 0.2) is 0 Å². The summed E-state index contributed by atoms with van der Waals surface area (Å²) in [5.41, 5.74) is 0.845. The first-order chi connectivity index (χ1) is 9.25. The highest BCUT2D eigenvalue weighted by molar-refractivity contribution is 5.25. The van der Waals surface area contributed by atoms with Crippen molar-refractivity contribution in [1.29, 1.82) is 0 Å². The van der Waals surface area contributed by atoms with Crippen LogP contribution in [-0.4, -0.2) is 9.91 Å². The maximum Gasteiger partial charge on any atom is 0.234 e. The molecule has 0 bridgehead atoms. The zero-order valence-electron chi connectivity index (χ0n) is 10.0. The summed E-state index contributed by atoms with van der Waals surface area (Å²) >= 11 is 0. The molecule has 2 aromatic rings. The van der Waals surface area contributed by atoms with Crippen LogP contribution in [0.1, 0.15) is 11.7 Å². The lowest BCUT2D eigenvalue weighted by atomic mass is 10.1. The molecule has 0 spiro atoms. The van der Waals surface area contributed by atoms with Crippen LogP contribution in [0.3, 0.4) is 0 Å². The van der Waals surface area contributed by atoms with Gasteiger partial charge in [-0.15, -0.1) is 0 Å². The van der Waals surface area contributed by atoms with E-state index in [1.165, 1.54) is 6.08 Å². The van der Waals surface area contributed by atoms with Crippen molar-refractivity contribution in [3.05, 3.63) is 82.8 Å². The van der Waals surface area contributed by atoms with Gasteiger partial charge < -0.3 is 4.74 Å². The van der Waals surface area contributed by atoms with Crippen LogP contribution in [0.5, 0.6) is 5.75 Å². The average molecular weight is 256 g/mol. The van der Waals surface area contributed by atoms with Gasteiger partial charge in [0.05, 0.1) is 4.92 Å². The van der Waals surface area contributed by atoms with Crippen molar-refractivity contribution >= 4 is 0 Å². The Kier molecular flexibility index (Phi) is 4.23. The number of hydrogen-bond donors (Lipinski definition) is 0. The highest BCUT2D eigenvalue weighted by Crippen LogP contribution is 2.22. The van der Waals surface area contributed by atoms with Gasteiger partial charge in [-0.2, -0.15) is 0 Å². The number of nitrogens with zero attached hydrogens (tertiary/aromatic N) is 2. The third-order valence-electron chi connectivity index (χ3n) is 2.42. The summed E-state index contributed by atoms with van der Waals surface area (Å²) in [4.78, 5) is 13.8. The number of benzene rings is 1. The maximum absolute atomic E-state index is 10.4. The van der Waals surface area contributed by atoms with E-state index in [-0.39, 0.29) is 0 Å². The summed E-state index contributed by atoms with van der Waals surface area (Å²) in [5.74, 6) is 0.608. The molecule has 0 aliphatic carbocycles.